The monoisotopic (exact) mass is 520 g/mol. The number of ketones is 1. The molecule has 2 aliphatic rings. The van der Waals surface area contributed by atoms with E-state index in [1.165, 1.54) is 0 Å². The van der Waals surface area contributed by atoms with Crippen molar-refractivity contribution in [3.05, 3.63) is 77.9 Å². The minimum atomic E-state index is -0.698. The molecule has 8 heteroatoms. The Morgan fingerprint density at radius 2 is 1.68 bits per heavy atom. The van der Waals surface area contributed by atoms with Crippen molar-refractivity contribution in [3.63, 3.8) is 0 Å². The number of nitrogens with zero attached hydrogens (tertiary/aromatic N) is 2. The van der Waals surface area contributed by atoms with E-state index in [4.69, 9.17) is 14.2 Å². The average Bonchev–Trinajstić information content (AvgIpc) is 3.21. The first kappa shape index (κ1) is 27.4. The number of likely N-dealkylation sites (tertiary alicyclic amines) is 1. The van der Waals surface area contributed by atoms with Crippen LogP contribution in [0.15, 0.2) is 66.8 Å². The summed E-state index contributed by atoms with van der Waals surface area (Å²) in [5.41, 5.74) is 1.27. The number of rotatable bonds is 12. The molecule has 0 spiro atoms. The Balaban J connectivity index is 1.63. The predicted molar refractivity (Wildman–Crippen MR) is 145 cm³/mol. The van der Waals surface area contributed by atoms with E-state index in [2.05, 4.69) is 11.5 Å². The molecule has 1 atom stereocenters. The molecule has 0 aliphatic carbocycles. The van der Waals surface area contributed by atoms with Crippen molar-refractivity contribution >= 4 is 17.4 Å². The fourth-order valence-corrected chi connectivity index (χ4v) is 4.73. The SMILES string of the molecule is C=CCOc1ccc(C(O)=C2C(=O)C(=O)N(CCCN3CCOCC3)[C@H]2c2ccc(OCCC)cc2)cc1. The normalized spacial score (nSPS) is 19.5. The third-order valence-corrected chi connectivity index (χ3v) is 6.68. The second kappa shape index (κ2) is 13.3. The number of aliphatic hydroxyl groups excluding tert-OH is 1. The van der Waals surface area contributed by atoms with Crippen LogP contribution in [-0.4, -0.2) is 79.2 Å². The van der Waals surface area contributed by atoms with Crippen molar-refractivity contribution < 1.29 is 28.9 Å². The van der Waals surface area contributed by atoms with Gasteiger partial charge in [-0.25, -0.2) is 0 Å². The van der Waals surface area contributed by atoms with Crippen molar-refractivity contribution in [1.29, 1.82) is 0 Å². The molecule has 2 aromatic carbocycles. The maximum absolute atomic E-state index is 13.3. The van der Waals surface area contributed by atoms with Crippen molar-refractivity contribution in [2.45, 2.75) is 25.8 Å². The summed E-state index contributed by atoms with van der Waals surface area (Å²) < 4.78 is 16.7. The number of carbonyl (C=O) groups is 2. The summed E-state index contributed by atoms with van der Waals surface area (Å²) in [4.78, 5) is 30.4. The molecule has 2 saturated heterocycles. The molecule has 1 N–H and O–H groups in total. The number of hydrogen-bond acceptors (Lipinski definition) is 7. The van der Waals surface area contributed by atoms with Crippen molar-refractivity contribution in [2.75, 3.05) is 52.6 Å². The number of ether oxygens (including phenoxy) is 3. The Morgan fingerprint density at radius 3 is 2.34 bits per heavy atom. The number of benzene rings is 2. The van der Waals surface area contributed by atoms with Crippen LogP contribution < -0.4 is 9.47 Å². The standard InChI is InChI=1S/C30H36N2O6/c1-3-18-37-24-10-6-22(7-11-24)27-26(28(33)23-8-12-25(13-9-23)38-19-4-2)29(34)30(35)32(27)15-5-14-31-16-20-36-21-17-31/h4,6-13,27,33H,2-3,5,14-21H2,1H3/t27-/m0/s1. The molecule has 202 valence electrons. The molecular weight excluding hydrogens is 484 g/mol. The largest absolute Gasteiger partial charge is 0.507 e. The highest BCUT2D eigenvalue weighted by Crippen LogP contribution is 2.40. The minimum Gasteiger partial charge on any atom is -0.507 e. The van der Waals surface area contributed by atoms with Gasteiger partial charge in [0.2, 0.25) is 0 Å². The van der Waals surface area contributed by atoms with Gasteiger partial charge in [-0.2, -0.15) is 0 Å². The van der Waals surface area contributed by atoms with E-state index in [1.54, 1.807) is 35.2 Å². The van der Waals surface area contributed by atoms with Crippen LogP contribution in [-0.2, 0) is 14.3 Å². The van der Waals surface area contributed by atoms with Crippen LogP contribution in [0.1, 0.15) is 36.9 Å². The molecule has 2 fully saturated rings. The molecule has 0 radical (unpaired) electrons. The van der Waals surface area contributed by atoms with Gasteiger partial charge in [-0.1, -0.05) is 31.7 Å². The van der Waals surface area contributed by atoms with Crippen molar-refractivity contribution in [1.82, 2.24) is 9.80 Å². The Kier molecular flexibility index (Phi) is 9.56. The third kappa shape index (κ3) is 6.44. The highest BCUT2D eigenvalue weighted by molar-refractivity contribution is 6.46. The molecular formula is C30H36N2O6. The highest BCUT2D eigenvalue weighted by atomic mass is 16.5. The lowest BCUT2D eigenvalue weighted by Crippen LogP contribution is -2.38. The van der Waals surface area contributed by atoms with Gasteiger partial charge in [-0.3, -0.25) is 14.5 Å². The van der Waals surface area contributed by atoms with Gasteiger partial charge in [0.05, 0.1) is 31.4 Å². The Morgan fingerprint density at radius 1 is 1.03 bits per heavy atom. The zero-order valence-corrected chi connectivity index (χ0v) is 21.9. The summed E-state index contributed by atoms with van der Waals surface area (Å²) in [7, 11) is 0. The van der Waals surface area contributed by atoms with Gasteiger partial charge in [0.25, 0.3) is 11.7 Å². The topological polar surface area (TPSA) is 88.5 Å². The summed E-state index contributed by atoms with van der Waals surface area (Å²) >= 11 is 0. The van der Waals surface area contributed by atoms with E-state index in [9.17, 15) is 14.7 Å². The number of amides is 1. The van der Waals surface area contributed by atoms with Gasteiger partial charge in [0.15, 0.2) is 0 Å². The fraction of sp³-hybridized carbons (Fsp3) is 0.400. The first-order valence-electron chi connectivity index (χ1n) is 13.2. The number of aliphatic hydroxyl groups is 1. The van der Waals surface area contributed by atoms with Gasteiger partial charge >= 0.3 is 0 Å². The molecule has 0 bridgehead atoms. The molecule has 8 nitrogen and oxygen atoms in total. The zero-order valence-electron chi connectivity index (χ0n) is 21.9. The maximum Gasteiger partial charge on any atom is 0.295 e. The highest BCUT2D eigenvalue weighted by Gasteiger charge is 2.45. The molecule has 1 amide bonds. The van der Waals surface area contributed by atoms with Crippen LogP contribution in [0.4, 0.5) is 0 Å². The Labute approximate surface area is 224 Å². The number of carbonyl (C=O) groups excluding carboxylic acids is 2. The van der Waals surface area contributed by atoms with Gasteiger partial charge in [0, 0.05) is 31.7 Å². The van der Waals surface area contributed by atoms with Crippen LogP contribution in [0.5, 0.6) is 11.5 Å². The fourth-order valence-electron chi connectivity index (χ4n) is 4.73. The second-order valence-electron chi connectivity index (χ2n) is 9.34. The quantitative estimate of drug-likeness (QED) is 0.194. The van der Waals surface area contributed by atoms with E-state index in [0.717, 1.165) is 37.4 Å². The maximum atomic E-state index is 13.3. The summed E-state index contributed by atoms with van der Waals surface area (Å²) in [6, 6.07) is 13.5. The molecule has 2 heterocycles. The first-order valence-corrected chi connectivity index (χ1v) is 13.2. The van der Waals surface area contributed by atoms with Crippen LogP contribution >= 0.6 is 0 Å². The Bertz CT molecular complexity index is 1140. The van der Waals surface area contributed by atoms with Gasteiger partial charge < -0.3 is 24.2 Å². The molecule has 2 aliphatic heterocycles. The van der Waals surface area contributed by atoms with E-state index >= 15 is 0 Å². The van der Waals surface area contributed by atoms with Gasteiger partial charge in [-0.05, 0) is 54.8 Å². The summed E-state index contributed by atoms with van der Waals surface area (Å²) in [5.74, 6) is -0.155. The summed E-state index contributed by atoms with van der Waals surface area (Å²) in [6.07, 6.45) is 3.24. The lowest BCUT2D eigenvalue weighted by Gasteiger charge is -2.29. The van der Waals surface area contributed by atoms with Crippen LogP contribution in [0, 0.1) is 0 Å². The molecule has 0 unspecified atom stereocenters. The summed E-state index contributed by atoms with van der Waals surface area (Å²) in [5, 5.41) is 11.3. The van der Waals surface area contributed by atoms with Crippen LogP contribution in [0.25, 0.3) is 5.76 Å². The molecule has 2 aromatic rings. The Hall–Kier alpha value is -3.62. The minimum absolute atomic E-state index is 0.0864. The molecule has 38 heavy (non-hydrogen) atoms. The predicted octanol–water partition coefficient (Wildman–Crippen LogP) is 4.18. The third-order valence-electron chi connectivity index (χ3n) is 6.68. The van der Waals surface area contributed by atoms with Crippen molar-refractivity contribution in [3.8, 4) is 11.5 Å². The van der Waals surface area contributed by atoms with E-state index in [1.807, 2.05) is 31.2 Å². The smallest absolute Gasteiger partial charge is 0.295 e. The van der Waals surface area contributed by atoms with E-state index in [0.29, 0.717) is 50.7 Å². The number of hydrogen-bond donors (Lipinski definition) is 1. The van der Waals surface area contributed by atoms with E-state index in [-0.39, 0.29) is 11.3 Å². The number of Topliss-reactive ketones (excluding diaryl/α,β-unsaturated/α-hetero) is 1. The number of morpholine rings is 1. The van der Waals surface area contributed by atoms with E-state index < -0.39 is 17.7 Å². The summed E-state index contributed by atoms with van der Waals surface area (Å²) in [6.45, 7) is 11.0. The van der Waals surface area contributed by atoms with Crippen LogP contribution in [0.3, 0.4) is 0 Å². The zero-order chi connectivity index (χ0) is 26.9. The van der Waals surface area contributed by atoms with Gasteiger partial charge in [0.1, 0.15) is 23.9 Å². The molecule has 0 aromatic heterocycles. The second-order valence-corrected chi connectivity index (χ2v) is 9.34. The average molecular weight is 521 g/mol. The molecule has 0 saturated carbocycles. The first-order chi connectivity index (χ1) is 18.5. The lowest BCUT2D eigenvalue weighted by atomic mass is 9.95. The van der Waals surface area contributed by atoms with Crippen molar-refractivity contribution in [2.24, 2.45) is 0 Å². The van der Waals surface area contributed by atoms with Crippen LogP contribution in [0.2, 0.25) is 0 Å². The lowest BCUT2D eigenvalue weighted by molar-refractivity contribution is -0.140. The molecule has 4 rings (SSSR count). The van der Waals surface area contributed by atoms with Gasteiger partial charge in [-0.15, -0.1) is 0 Å².